The number of amides is 1. The van der Waals surface area contributed by atoms with Crippen LogP contribution in [0.15, 0.2) is 12.1 Å². The van der Waals surface area contributed by atoms with Crippen molar-refractivity contribution in [3.05, 3.63) is 17.7 Å². The number of aliphatic hydroxyl groups excluding tert-OH is 1. The molecule has 0 aliphatic heterocycles. The van der Waals surface area contributed by atoms with Crippen molar-refractivity contribution in [2.75, 3.05) is 12.4 Å². The van der Waals surface area contributed by atoms with E-state index in [0.29, 0.717) is 6.42 Å². The number of carbonyl (C=O) groups is 1. The average molecular weight is 297 g/mol. The molecule has 1 rings (SSSR count). The predicted octanol–water partition coefficient (Wildman–Crippen LogP) is 2.67. The summed E-state index contributed by atoms with van der Waals surface area (Å²) in [5.74, 6) is 0.0388. The van der Waals surface area contributed by atoms with Crippen LogP contribution < -0.4 is 10.1 Å². The molecule has 0 saturated carbocycles. The lowest BCUT2D eigenvalue weighted by Gasteiger charge is -2.20. The molecule has 6 nitrogen and oxygen atoms in total. The van der Waals surface area contributed by atoms with E-state index in [1.54, 1.807) is 39.8 Å². The largest absolute Gasteiger partial charge is 0.503 e. The second-order valence-electron chi connectivity index (χ2n) is 5.87. The molecule has 3 N–H and O–H groups in total. The van der Waals surface area contributed by atoms with Gasteiger partial charge in [-0.3, -0.25) is 5.32 Å². The third-order valence-corrected chi connectivity index (χ3v) is 2.52. The van der Waals surface area contributed by atoms with E-state index in [4.69, 9.17) is 9.47 Å². The van der Waals surface area contributed by atoms with Crippen LogP contribution in [0.25, 0.3) is 0 Å². The van der Waals surface area contributed by atoms with E-state index in [1.807, 2.05) is 0 Å². The van der Waals surface area contributed by atoms with Crippen LogP contribution >= 0.6 is 0 Å². The van der Waals surface area contributed by atoms with Gasteiger partial charge >= 0.3 is 6.09 Å². The Hall–Kier alpha value is -1.95. The molecule has 1 aromatic carbocycles. The van der Waals surface area contributed by atoms with Gasteiger partial charge in [-0.05, 0) is 51.8 Å². The van der Waals surface area contributed by atoms with Crippen molar-refractivity contribution in [3.8, 4) is 11.5 Å². The number of hydrogen-bond donors (Lipinski definition) is 3. The van der Waals surface area contributed by atoms with Crippen LogP contribution in [0.2, 0.25) is 0 Å². The lowest BCUT2D eigenvalue weighted by Crippen LogP contribution is -2.27. The van der Waals surface area contributed by atoms with Gasteiger partial charge < -0.3 is 19.7 Å². The smallest absolute Gasteiger partial charge is 0.412 e. The van der Waals surface area contributed by atoms with Gasteiger partial charge in [-0.2, -0.15) is 0 Å². The zero-order valence-corrected chi connectivity index (χ0v) is 13.1. The first kappa shape index (κ1) is 17.1. The topological polar surface area (TPSA) is 88.0 Å². The molecule has 0 aromatic heterocycles. The molecule has 0 radical (unpaired) electrons. The first-order valence-electron chi connectivity index (χ1n) is 6.70. The second-order valence-corrected chi connectivity index (χ2v) is 5.87. The highest BCUT2D eigenvalue weighted by Crippen LogP contribution is 2.36. The summed E-state index contributed by atoms with van der Waals surface area (Å²) in [6.45, 7) is 6.89. The molecule has 1 amide bonds. The Labute approximate surface area is 124 Å². The number of phenols is 1. The Balaban J connectivity index is 3.02. The van der Waals surface area contributed by atoms with Gasteiger partial charge in [0, 0.05) is 0 Å². The lowest BCUT2D eigenvalue weighted by molar-refractivity contribution is 0.0635. The SMILES string of the molecule is COc1cc(C[C@@H](C)O)cc(NC(=O)OC(C)(C)C)c1O. The maximum absolute atomic E-state index is 11.8. The summed E-state index contributed by atoms with van der Waals surface area (Å²) in [7, 11) is 1.42. The number of anilines is 1. The Bertz CT molecular complexity index is 506. The van der Waals surface area contributed by atoms with E-state index in [-0.39, 0.29) is 17.2 Å². The van der Waals surface area contributed by atoms with E-state index in [9.17, 15) is 15.0 Å². The van der Waals surface area contributed by atoms with Crippen LogP contribution in [0.3, 0.4) is 0 Å². The van der Waals surface area contributed by atoms with Crippen molar-refractivity contribution in [2.24, 2.45) is 0 Å². The third kappa shape index (κ3) is 5.51. The Morgan fingerprint density at radius 3 is 2.48 bits per heavy atom. The summed E-state index contributed by atoms with van der Waals surface area (Å²) < 4.78 is 10.2. The lowest BCUT2D eigenvalue weighted by atomic mass is 10.1. The van der Waals surface area contributed by atoms with Gasteiger partial charge in [-0.15, -0.1) is 0 Å². The first-order valence-corrected chi connectivity index (χ1v) is 6.70. The molecule has 0 spiro atoms. The van der Waals surface area contributed by atoms with Crippen LogP contribution in [0.1, 0.15) is 33.3 Å². The van der Waals surface area contributed by atoms with Crippen molar-refractivity contribution in [3.63, 3.8) is 0 Å². The molecule has 1 aromatic rings. The number of rotatable bonds is 4. The molecule has 0 aliphatic carbocycles. The van der Waals surface area contributed by atoms with E-state index >= 15 is 0 Å². The van der Waals surface area contributed by atoms with Crippen LogP contribution in [0.5, 0.6) is 11.5 Å². The number of carbonyl (C=O) groups excluding carboxylic acids is 1. The van der Waals surface area contributed by atoms with E-state index < -0.39 is 17.8 Å². The quantitative estimate of drug-likeness (QED) is 0.744. The number of ether oxygens (including phenoxy) is 2. The summed E-state index contributed by atoms with van der Waals surface area (Å²) in [6.07, 6.45) is -0.845. The van der Waals surface area contributed by atoms with Crippen LogP contribution in [0.4, 0.5) is 10.5 Å². The van der Waals surface area contributed by atoms with Crippen molar-refractivity contribution < 1.29 is 24.5 Å². The molecule has 0 saturated heterocycles. The Morgan fingerprint density at radius 1 is 1.38 bits per heavy atom. The van der Waals surface area contributed by atoms with E-state index in [1.165, 1.54) is 7.11 Å². The van der Waals surface area contributed by atoms with Gasteiger partial charge in [0.2, 0.25) is 0 Å². The fraction of sp³-hybridized carbons (Fsp3) is 0.533. The monoisotopic (exact) mass is 297 g/mol. The summed E-state index contributed by atoms with van der Waals surface area (Å²) in [6, 6.07) is 3.19. The van der Waals surface area contributed by atoms with Crippen LogP contribution in [-0.4, -0.2) is 35.1 Å². The number of phenolic OH excluding ortho intramolecular Hbond substituents is 1. The third-order valence-electron chi connectivity index (χ3n) is 2.52. The molecule has 0 aliphatic rings. The van der Waals surface area contributed by atoms with Gasteiger partial charge in [0.1, 0.15) is 5.60 Å². The number of aliphatic hydroxyl groups is 1. The van der Waals surface area contributed by atoms with Gasteiger partial charge in [-0.25, -0.2) is 4.79 Å². The van der Waals surface area contributed by atoms with Crippen molar-refractivity contribution >= 4 is 11.8 Å². The highest BCUT2D eigenvalue weighted by Gasteiger charge is 2.19. The summed E-state index contributed by atoms with van der Waals surface area (Å²) in [5, 5.41) is 22.0. The highest BCUT2D eigenvalue weighted by molar-refractivity contribution is 5.88. The minimum Gasteiger partial charge on any atom is -0.503 e. The molecule has 0 unspecified atom stereocenters. The first-order chi connectivity index (χ1) is 9.62. The normalized spacial score (nSPS) is 12.7. The maximum Gasteiger partial charge on any atom is 0.412 e. The fourth-order valence-electron chi connectivity index (χ4n) is 1.79. The highest BCUT2D eigenvalue weighted by atomic mass is 16.6. The zero-order chi connectivity index (χ0) is 16.2. The number of nitrogens with one attached hydrogen (secondary N) is 1. The molecule has 0 heterocycles. The molecule has 1 atom stereocenters. The second kappa shape index (κ2) is 6.67. The average Bonchev–Trinajstić information content (AvgIpc) is 2.29. The number of methoxy groups -OCH3 is 1. The minimum atomic E-state index is -0.672. The van der Waals surface area contributed by atoms with Crippen LogP contribution in [-0.2, 0) is 11.2 Å². The van der Waals surface area contributed by atoms with Gasteiger partial charge in [-0.1, -0.05) is 0 Å². The summed E-state index contributed by atoms with van der Waals surface area (Å²) >= 11 is 0. The maximum atomic E-state index is 11.8. The van der Waals surface area contributed by atoms with E-state index in [2.05, 4.69) is 5.32 Å². The molecular formula is C15H23NO5. The summed E-state index contributed by atoms with van der Waals surface area (Å²) in [4.78, 5) is 11.8. The molecule has 0 fully saturated rings. The molecule has 118 valence electrons. The fourth-order valence-corrected chi connectivity index (χ4v) is 1.79. The molecule has 21 heavy (non-hydrogen) atoms. The summed E-state index contributed by atoms with van der Waals surface area (Å²) in [5.41, 5.74) is 0.269. The number of benzene rings is 1. The molecular weight excluding hydrogens is 274 g/mol. The minimum absolute atomic E-state index is 0.180. The number of hydrogen-bond acceptors (Lipinski definition) is 5. The van der Waals surface area contributed by atoms with Gasteiger partial charge in [0.25, 0.3) is 0 Å². The predicted molar refractivity (Wildman–Crippen MR) is 79.9 cm³/mol. The van der Waals surface area contributed by atoms with Crippen LogP contribution in [0, 0.1) is 0 Å². The van der Waals surface area contributed by atoms with Crippen molar-refractivity contribution in [1.82, 2.24) is 0 Å². The standard InChI is InChI=1S/C15H23NO5/c1-9(17)6-10-7-11(13(18)12(8-10)20-5)16-14(19)21-15(2,3)4/h7-9,17-18H,6H2,1-5H3,(H,16,19)/t9-/m1/s1. The Morgan fingerprint density at radius 2 is 2.00 bits per heavy atom. The molecule has 6 heteroatoms. The zero-order valence-electron chi connectivity index (χ0n) is 13.1. The number of aromatic hydroxyl groups is 1. The van der Waals surface area contributed by atoms with Crippen molar-refractivity contribution in [2.45, 2.75) is 45.8 Å². The van der Waals surface area contributed by atoms with E-state index in [0.717, 1.165) is 5.56 Å². The molecule has 0 bridgehead atoms. The Kier molecular flexibility index (Phi) is 5.43. The van der Waals surface area contributed by atoms with Crippen molar-refractivity contribution in [1.29, 1.82) is 0 Å². The van der Waals surface area contributed by atoms with Gasteiger partial charge in [0.15, 0.2) is 11.5 Å². The van der Waals surface area contributed by atoms with Gasteiger partial charge in [0.05, 0.1) is 18.9 Å².